The van der Waals surface area contributed by atoms with Crippen molar-refractivity contribution in [3.63, 3.8) is 0 Å². The minimum absolute atomic E-state index is 0.439. The maximum absolute atomic E-state index is 5.32. The van der Waals surface area contributed by atoms with E-state index in [0.717, 1.165) is 28.7 Å². The maximum Gasteiger partial charge on any atom is 0.191 e. The molecule has 0 amide bonds. The highest BCUT2D eigenvalue weighted by molar-refractivity contribution is 7.80. The molecule has 126 valence electrons. The van der Waals surface area contributed by atoms with Crippen LogP contribution >= 0.6 is 12.2 Å². The van der Waals surface area contributed by atoms with Crippen LogP contribution in [0.4, 0.5) is 5.69 Å². The first-order chi connectivity index (χ1) is 12.2. The van der Waals surface area contributed by atoms with Crippen molar-refractivity contribution in [3.05, 3.63) is 65.5 Å². The summed E-state index contributed by atoms with van der Waals surface area (Å²) in [6.45, 7) is 4.17. The monoisotopic (exact) mass is 349 g/mol. The summed E-state index contributed by atoms with van der Waals surface area (Å²) >= 11 is 5.32. The van der Waals surface area contributed by atoms with Crippen molar-refractivity contribution in [3.8, 4) is 0 Å². The van der Waals surface area contributed by atoms with E-state index in [1.165, 1.54) is 5.56 Å². The third-order valence-electron chi connectivity index (χ3n) is 3.81. The predicted molar refractivity (Wildman–Crippen MR) is 107 cm³/mol. The number of thiocarbonyl (C=S) groups is 1. The average molecular weight is 349 g/mol. The Balaban J connectivity index is 1.66. The number of nitrogens with one attached hydrogen (secondary N) is 2. The molecule has 1 aromatic heterocycles. The van der Waals surface area contributed by atoms with Gasteiger partial charge in [0.1, 0.15) is 5.69 Å². The van der Waals surface area contributed by atoms with E-state index in [4.69, 9.17) is 12.2 Å². The maximum atomic E-state index is 5.32. The lowest BCUT2D eigenvalue weighted by atomic mass is 10.1. The van der Waals surface area contributed by atoms with E-state index < -0.39 is 0 Å². The molecule has 2 aromatic carbocycles. The fourth-order valence-corrected chi connectivity index (χ4v) is 2.69. The molecule has 5 nitrogen and oxygen atoms in total. The Morgan fingerprint density at radius 3 is 2.76 bits per heavy atom. The van der Waals surface area contributed by atoms with Gasteiger partial charge in [0.25, 0.3) is 0 Å². The number of anilines is 1. The van der Waals surface area contributed by atoms with Gasteiger partial charge in [-0.05, 0) is 48.8 Å². The lowest BCUT2D eigenvalue weighted by Gasteiger charge is -2.14. The van der Waals surface area contributed by atoms with E-state index >= 15 is 0 Å². The van der Waals surface area contributed by atoms with E-state index in [0.29, 0.717) is 10.8 Å². The van der Waals surface area contributed by atoms with Gasteiger partial charge in [0.2, 0.25) is 0 Å². The normalized spacial score (nSPS) is 11.0. The zero-order chi connectivity index (χ0) is 17.6. The number of hydrogen-bond acceptors (Lipinski definition) is 4. The molecule has 0 unspecified atom stereocenters. The summed E-state index contributed by atoms with van der Waals surface area (Å²) in [5, 5.41) is 7.80. The number of aryl methyl sites for hydroxylation is 2. The Hall–Kier alpha value is -2.86. The molecule has 6 heteroatoms. The van der Waals surface area contributed by atoms with Crippen molar-refractivity contribution >= 4 is 40.3 Å². The second-order valence-electron chi connectivity index (χ2n) is 5.57. The van der Waals surface area contributed by atoms with Crippen LogP contribution in [0.1, 0.15) is 23.7 Å². The molecular weight excluding hydrogens is 330 g/mol. The Labute approximate surface area is 152 Å². The van der Waals surface area contributed by atoms with Gasteiger partial charge < -0.3 is 5.32 Å². The van der Waals surface area contributed by atoms with Crippen molar-refractivity contribution in [1.82, 2.24) is 15.4 Å². The van der Waals surface area contributed by atoms with E-state index in [9.17, 15) is 0 Å². The van der Waals surface area contributed by atoms with Gasteiger partial charge in [-0.3, -0.25) is 10.4 Å². The molecule has 0 aliphatic carbocycles. The summed E-state index contributed by atoms with van der Waals surface area (Å²) < 4.78 is 0. The number of nitrogens with zero attached hydrogens (tertiary/aromatic N) is 3. The van der Waals surface area contributed by atoms with Crippen molar-refractivity contribution < 1.29 is 0 Å². The van der Waals surface area contributed by atoms with Crippen molar-refractivity contribution in [1.29, 1.82) is 0 Å². The fourth-order valence-electron chi connectivity index (χ4n) is 2.53. The topological polar surface area (TPSA) is 62.2 Å². The van der Waals surface area contributed by atoms with Crippen LogP contribution in [0, 0.1) is 6.92 Å². The van der Waals surface area contributed by atoms with Crippen LogP contribution in [-0.4, -0.2) is 21.3 Å². The van der Waals surface area contributed by atoms with E-state index in [2.05, 4.69) is 51.8 Å². The number of para-hydroxylation sites is 3. The van der Waals surface area contributed by atoms with Gasteiger partial charge in [0.15, 0.2) is 5.11 Å². The van der Waals surface area contributed by atoms with Gasteiger partial charge >= 0.3 is 0 Å². The quantitative estimate of drug-likeness (QED) is 0.426. The highest BCUT2D eigenvalue weighted by Gasteiger charge is 2.05. The smallest absolute Gasteiger partial charge is 0.191 e. The molecule has 0 atom stereocenters. The minimum Gasteiger partial charge on any atom is -0.331 e. The van der Waals surface area contributed by atoms with Crippen LogP contribution in [0.25, 0.3) is 11.0 Å². The molecular formula is C19H19N5S. The van der Waals surface area contributed by atoms with Crippen LogP contribution in [0.15, 0.2) is 53.8 Å². The Kier molecular flexibility index (Phi) is 5.30. The van der Waals surface area contributed by atoms with Gasteiger partial charge in [-0.15, -0.1) is 0 Å². The van der Waals surface area contributed by atoms with Crippen LogP contribution in [0.5, 0.6) is 0 Å². The summed E-state index contributed by atoms with van der Waals surface area (Å²) in [6, 6.07) is 13.9. The molecule has 3 aromatic rings. The molecule has 1 heterocycles. The number of rotatable bonds is 4. The molecule has 0 saturated heterocycles. The molecule has 0 saturated carbocycles. The van der Waals surface area contributed by atoms with Gasteiger partial charge in [0.05, 0.1) is 23.4 Å². The van der Waals surface area contributed by atoms with Crippen molar-refractivity contribution in [2.24, 2.45) is 5.10 Å². The molecule has 2 N–H and O–H groups in total. The summed E-state index contributed by atoms with van der Waals surface area (Å²) in [4.78, 5) is 8.83. The number of aromatic nitrogens is 2. The summed E-state index contributed by atoms with van der Waals surface area (Å²) in [6.07, 6.45) is 4.22. The highest BCUT2D eigenvalue weighted by Crippen LogP contribution is 2.20. The predicted octanol–water partition coefficient (Wildman–Crippen LogP) is 3.82. The van der Waals surface area contributed by atoms with Crippen LogP contribution in [-0.2, 0) is 6.42 Å². The first-order valence-corrected chi connectivity index (χ1v) is 8.48. The van der Waals surface area contributed by atoms with Crippen molar-refractivity contribution in [2.75, 3.05) is 5.32 Å². The fraction of sp³-hybridized carbons (Fsp3) is 0.158. The SMILES string of the molecule is CCc1cccc(C)c1NC(=S)N/N=C\c1cnc2ccccc2n1. The largest absolute Gasteiger partial charge is 0.331 e. The average Bonchev–Trinajstić information content (AvgIpc) is 2.63. The Bertz CT molecular complexity index is 936. The number of fused-ring (bicyclic) bond motifs is 1. The van der Waals surface area contributed by atoms with E-state index in [1.54, 1.807) is 12.4 Å². The molecule has 3 rings (SSSR count). The van der Waals surface area contributed by atoms with Gasteiger partial charge in [-0.1, -0.05) is 37.3 Å². The first-order valence-electron chi connectivity index (χ1n) is 8.07. The van der Waals surface area contributed by atoms with Gasteiger partial charge in [0, 0.05) is 5.69 Å². The summed E-state index contributed by atoms with van der Waals surface area (Å²) in [5.74, 6) is 0. The third-order valence-corrected chi connectivity index (χ3v) is 4.00. The molecule has 0 spiro atoms. The second kappa shape index (κ2) is 7.81. The van der Waals surface area contributed by atoms with Crippen molar-refractivity contribution in [2.45, 2.75) is 20.3 Å². The van der Waals surface area contributed by atoms with Crippen LogP contribution in [0.2, 0.25) is 0 Å². The molecule has 0 aliphatic rings. The lowest BCUT2D eigenvalue weighted by molar-refractivity contribution is 1.04. The van der Waals surface area contributed by atoms with E-state index in [1.807, 2.05) is 30.3 Å². The summed E-state index contributed by atoms with van der Waals surface area (Å²) in [5.41, 5.74) is 8.58. The van der Waals surface area contributed by atoms with Crippen LogP contribution in [0.3, 0.4) is 0 Å². The lowest BCUT2D eigenvalue weighted by Crippen LogP contribution is -2.25. The third kappa shape index (κ3) is 4.16. The molecule has 0 aliphatic heterocycles. The minimum atomic E-state index is 0.439. The molecule has 25 heavy (non-hydrogen) atoms. The standard InChI is InChI=1S/C19H19N5S/c1-3-14-8-6-7-13(2)18(14)23-19(25)24-21-12-15-11-20-16-9-4-5-10-17(16)22-15/h4-12H,3H2,1-2H3,(H2,23,24,25)/b21-12-. The molecule has 0 fully saturated rings. The zero-order valence-corrected chi connectivity index (χ0v) is 15.0. The van der Waals surface area contributed by atoms with Gasteiger partial charge in [-0.25, -0.2) is 4.98 Å². The summed E-state index contributed by atoms with van der Waals surface area (Å²) in [7, 11) is 0. The first kappa shape index (κ1) is 17.0. The number of benzene rings is 2. The Morgan fingerprint density at radius 1 is 1.16 bits per heavy atom. The van der Waals surface area contributed by atoms with E-state index in [-0.39, 0.29) is 0 Å². The number of hydrogen-bond donors (Lipinski definition) is 2. The number of hydrazone groups is 1. The molecule has 0 bridgehead atoms. The highest BCUT2D eigenvalue weighted by atomic mass is 32.1. The van der Waals surface area contributed by atoms with Gasteiger partial charge in [-0.2, -0.15) is 5.10 Å². The molecule has 0 radical (unpaired) electrons. The van der Waals surface area contributed by atoms with Crippen LogP contribution < -0.4 is 10.7 Å². The second-order valence-corrected chi connectivity index (χ2v) is 5.98. The Morgan fingerprint density at radius 2 is 1.96 bits per heavy atom. The zero-order valence-electron chi connectivity index (χ0n) is 14.2.